The smallest absolute Gasteiger partial charge is 0.139 e. The number of nitriles is 1. The van der Waals surface area contributed by atoms with E-state index in [2.05, 4.69) is 27.7 Å². The molecule has 3 aliphatic carbocycles. The van der Waals surface area contributed by atoms with E-state index >= 15 is 0 Å². The fourth-order valence-corrected chi connectivity index (χ4v) is 3.90. The maximum atomic E-state index is 12.5. The van der Waals surface area contributed by atoms with Crippen LogP contribution in [0.5, 0.6) is 0 Å². The molecule has 0 atom stereocenters. The van der Waals surface area contributed by atoms with Crippen LogP contribution in [-0.4, -0.2) is 5.78 Å². The zero-order valence-corrected chi connectivity index (χ0v) is 12.6. The van der Waals surface area contributed by atoms with Crippen molar-refractivity contribution < 1.29 is 4.79 Å². The Morgan fingerprint density at radius 2 is 1.95 bits per heavy atom. The van der Waals surface area contributed by atoms with Crippen molar-refractivity contribution in [2.45, 2.75) is 59.8 Å². The summed E-state index contributed by atoms with van der Waals surface area (Å²) < 4.78 is 0. The summed E-state index contributed by atoms with van der Waals surface area (Å²) >= 11 is 0. The Bertz CT molecular complexity index is 431. The fourth-order valence-electron chi connectivity index (χ4n) is 3.90. The van der Waals surface area contributed by atoms with Crippen LogP contribution in [0.25, 0.3) is 0 Å². The summed E-state index contributed by atoms with van der Waals surface area (Å²) in [5.41, 5.74) is 0.520. The van der Waals surface area contributed by atoms with Gasteiger partial charge >= 0.3 is 0 Å². The number of hydrogen-bond acceptors (Lipinski definition) is 2. The third-order valence-corrected chi connectivity index (χ3v) is 5.39. The number of hydrogen-bond donors (Lipinski definition) is 0. The summed E-state index contributed by atoms with van der Waals surface area (Å²) in [5.74, 6) is 1.18. The van der Waals surface area contributed by atoms with Crippen LogP contribution in [0.2, 0.25) is 0 Å². The minimum Gasteiger partial charge on any atom is -0.299 e. The molecule has 2 bridgehead atoms. The molecule has 0 radical (unpaired) electrons. The first-order valence-electron chi connectivity index (χ1n) is 7.33. The standard InChI is InChI=1S/C17H25NO/c1-13(2)16-10-17(11-16,12-16)14(19)9-15(3,4)7-5-6-8-18/h5-6,13H,7,9-12H2,1-4H3/b6-5-. The number of carbonyl (C=O) groups is 1. The Balaban J connectivity index is 1.87. The van der Waals surface area contributed by atoms with Gasteiger partial charge in [-0.05, 0) is 42.4 Å². The Morgan fingerprint density at radius 3 is 2.42 bits per heavy atom. The lowest BCUT2D eigenvalue weighted by Gasteiger charge is -2.72. The summed E-state index contributed by atoms with van der Waals surface area (Å²) in [6.45, 7) is 8.81. The van der Waals surface area contributed by atoms with Gasteiger partial charge in [0.25, 0.3) is 0 Å². The van der Waals surface area contributed by atoms with Crippen molar-refractivity contribution >= 4 is 5.78 Å². The van der Waals surface area contributed by atoms with Crippen molar-refractivity contribution in [3.05, 3.63) is 12.2 Å². The number of carbonyl (C=O) groups excluding carboxylic acids is 1. The summed E-state index contributed by atoms with van der Waals surface area (Å²) in [7, 11) is 0. The van der Waals surface area contributed by atoms with Crippen molar-refractivity contribution in [1.29, 1.82) is 5.26 Å². The van der Waals surface area contributed by atoms with Gasteiger partial charge in [0.05, 0.1) is 6.07 Å². The number of Topliss-reactive ketones (excluding diaryl/α,β-unsaturated/α-hetero) is 1. The molecular weight excluding hydrogens is 234 g/mol. The van der Waals surface area contributed by atoms with Gasteiger partial charge in [-0.25, -0.2) is 0 Å². The minimum atomic E-state index is -0.0230. The molecule has 0 aliphatic heterocycles. The summed E-state index contributed by atoms with van der Waals surface area (Å²) in [6, 6.07) is 2.01. The fraction of sp³-hybridized carbons (Fsp3) is 0.765. The van der Waals surface area contributed by atoms with Crippen LogP contribution in [-0.2, 0) is 4.79 Å². The molecule has 0 aromatic carbocycles. The van der Waals surface area contributed by atoms with E-state index in [0.717, 1.165) is 25.7 Å². The SMILES string of the molecule is CC(C)C12CC(C(=O)CC(C)(C)C/C=C\C#N)(C1)C2. The average molecular weight is 259 g/mol. The normalized spacial score (nSPS) is 32.8. The van der Waals surface area contributed by atoms with Gasteiger partial charge in [0.2, 0.25) is 0 Å². The van der Waals surface area contributed by atoms with Gasteiger partial charge in [0, 0.05) is 17.9 Å². The predicted molar refractivity (Wildman–Crippen MR) is 76.3 cm³/mol. The molecule has 3 rings (SSSR count). The highest BCUT2D eigenvalue weighted by molar-refractivity contribution is 5.88. The maximum absolute atomic E-state index is 12.5. The molecule has 2 nitrogen and oxygen atoms in total. The molecule has 104 valence electrons. The lowest BCUT2D eigenvalue weighted by molar-refractivity contribution is -0.224. The van der Waals surface area contributed by atoms with E-state index < -0.39 is 0 Å². The van der Waals surface area contributed by atoms with Crippen LogP contribution in [0.3, 0.4) is 0 Å². The van der Waals surface area contributed by atoms with Gasteiger partial charge in [-0.1, -0.05) is 33.8 Å². The van der Waals surface area contributed by atoms with E-state index in [4.69, 9.17) is 5.26 Å². The third-order valence-electron chi connectivity index (χ3n) is 5.39. The van der Waals surface area contributed by atoms with Gasteiger partial charge < -0.3 is 0 Å². The number of rotatable bonds is 6. The van der Waals surface area contributed by atoms with Crippen LogP contribution in [0.15, 0.2) is 12.2 Å². The van der Waals surface area contributed by atoms with Gasteiger partial charge in [0.1, 0.15) is 5.78 Å². The zero-order chi connectivity index (χ0) is 14.3. The van der Waals surface area contributed by atoms with Crippen molar-refractivity contribution in [3.63, 3.8) is 0 Å². The highest BCUT2D eigenvalue weighted by Gasteiger charge is 2.71. The van der Waals surface area contributed by atoms with Crippen molar-refractivity contribution in [2.75, 3.05) is 0 Å². The maximum Gasteiger partial charge on any atom is 0.139 e. The van der Waals surface area contributed by atoms with E-state index in [9.17, 15) is 4.79 Å². The molecule has 0 N–H and O–H groups in total. The quantitative estimate of drug-likeness (QED) is 0.668. The topological polar surface area (TPSA) is 40.9 Å². The number of ketones is 1. The monoisotopic (exact) mass is 259 g/mol. The molecule has 0 saturated heterocycles. The van der Waals surface area contributed by atoms with E-state index in [1.165, 1.54) is 6.08 Å². The largest absolute Gasteiger partial charge is 0.299 e. The Labute approximate surface area is 116 Å². The molecule has 0 aromatic heterocycles. The lowest BCUT2D eigenvalue weighted by atomic mass is 9.31. The molecule has 0 unspecified atom stereocenters. The molecule has 0 heterocycles. The highest BCUT2D eigenvalue weighted by Crippen LogP contribution is 2.76. The van der Waals surface area contributed by atoms with Crippen LogP contribution in [0.1, 0.15) is 59.8 Å². The summed E-state index contributed by atoms with van der Waals surface area (Å²) in [6.07, 6.45) is 8.22. The molecule has 3 fully saturated rings. The van der Waals surface area contributed by atoms with Crippen molar-refractivity contribution in [2.24, 2.45) is 22.2 Å². The Morgan fingerprint density at radius 1 is 1.37 bits per heavy atom. The van der Waals surface area contributed by atoms with E-state index in [1.807, 2.05) is 12.1 Å². The first-order valence-corrected chi connectivity index (χ1v) is 7.33. The second-order valence-electron chi connectivity index (χ2n) is 7.83. The molecule has 3 aliphatic rings. The minimum absolute atomic E-state index is 0.0230. The van der Waals surface area contributed by atoms with Gasteiger partial charge in [0.15, 0.2) is 0 Å². The van der Waals surface area contributed by atoms with Gasteiger partial charge in [-0.15, -0.1) is 0 Å². The molecule has 0 aromatic rings. The summed E-state index contributed by atoms with van der Waals surface area (Å²) in [4.78, 5) is 12.5. The second-order valence-corrected chi connectivity index (χ2v) is 7.83. The van der Waals surface area contributed by atoms with Crippen LogP contribution >= 0.6 is 0 Å². The molecule has 0 amide bonds. The molecule has 3 saturated carbocycles. The Kier molecular flexibility index (Phi) is 3.37. The molecule has 2 heteroatoms. The Hall–Kier alpha value is -1.10. The van der Waals surface area contributed by atoms with Crippen LogP contribution in [0.4, 0.5) is 0 Å². The first-order chi connectivity index (χ1) is 8.75. The van der Waals surface area contributed by atoms with Crippen molar-refractivity contribution in [3.8, 4) is 6.07 Å². The van der Waals surface area contributed by atoms with Crippen LogP contribution in [0, 0.1) is 33.5 Å². The van der Waals surface area contributed by atoms with Gasteiger partial charge in [-0.3, -0.25) is 4.79 Å². The number of allylic oxidation sites excluding steroid dienone is 2. The molecule has 19 heavy (non-hydrogen) atoms. The second kappa shape index (κ2) is 4.47. The van der Waals surface area contributed by atoms with Gasteiger partial charge in [-0.2, -0.15) is 5.26 Å². The third kappa shape index (κ3) is 2.36. The van der Waals surface area contributed by atoms with E-state index in [0.29, 0.717) is 23.5 Å². The van der Waals surface area contributed by atoms with Crippen molar-refractivity contribution in [1.82, 2.24) is 0 Å². The zero-order valence-electron chi connectivity index (χ0n) is 12.6. The first kappa shape index (κ1) is 14.3. The van der Waals surface area contributed by atoms with E-state index in [-0.39, 0.29) is 10.8 Å². The molecule has 0 spiro atoms. The average Bonchev–Trinajstić information content (AvgIpc) is 2.11. The summed E-state index contributed by atoms with van der Waals surface area (Å²) in [5, 5.41) is 8.50. The predicted octanol–water partition coefficient (Wildman–Crippen LogP) is 4.27. The highest BCUT2D eigenvalue weighted by atomic mass is 16.1. The number of nitrogens with zero attached hydrogens (tertiary/aromatic N) is 1. The van der Waals surface area contributed by atoms with E-state index in [1.54, 1.807) is 0 Å². The lowest BCUT2D eigenvalue weighted by Crippen LogP contribution is -2.67. The van der Waals surface area contributed by atoms with Crippen LogP contribution < -0.4 is 0 Å². The molecular formula is C17H25NO.